The normalized spacial score (nSPS) is 30.7. The largest absolute Gasteiger partial charge is 0.392 e. The molecule has 1 aromatic carbocycles. The van der Waals surface area contributed by atoms with E-state index >= 15 is 0 Å². The summed E-state index contributed by atoms with van der Waals surface area (Å²) in [5.41, 5.74) is 0.651. The Labute approximate surface area is 210 Å². The average molecular weight is 501 g/mol. The molecule has 3 N–H and O–H groups in total. The molecular formula is C27H34F2N4O3. The number of aliphatic hydroxyl groups excluding tert-OH is 1. The number of benzene rings is 1. The van der Waals surface area contributed by atoms with E-state index in [4.69, 9.17) is 0 Å². The molecule has 9 heteroatoms. The predicted octanol–water partition coefficient (Wildman–Crippen LogP) is 3.63. The Morgan fingerprint density at radius 3 is 2.44 bits per heavy atom. The van der Waals surface area contributed by atoms with Gasteiger partial charge in [0.2, 0.25) is 5.91 Å². The maximum absolute atomic E-state index is 13.5. The smallest absolute Gasteiger partial charge is 0.254 e. The fourth-order valence-corrected chi connectivity index (χ4v) is 6.42. The Hall–Kier alpha value is -2.94. The van der Waals surface area contributed by atoms with Crippen LogP contribution in [0.3, 0.4) is 0 Å². The molecule has 36 heavy (non-hydrogen) atoms. The lowest BCUT2D eigenvalue weighted by Gasteiger charge is -2.56. The monoisotopic (exact) mass is 500 g/mol. The van der Waals surface area contributed by atoms with Crippen molar-refractivity contribution in [1.82, 2.24) is 20.6 Å². The van der Waals surface area contributed by atoms with E-state index in [-0.39, 0.29) is 47.6 Å². The van der Waals surface area contributed by atoms with E-state index in [0.717, 1.165) is 25.3 Å². The van der Waals surface area contributed by atoms with Crippen LogP contribution >= 0.6 is 0 Å². The third-order valence-corrected chi connectivity index (χ3v) is 8.47. The van der Waals surface area contributed by atoms with Gasteiger partial charge in [-0.2, -0.15) is 0 Å². The summed E-state index contributed by atoms with van der Waals surface area (Å²) < 4.78 is 26.9. The van der Waals surface area contributed by atoms with Crippen molar-refractivity contribution in [1.29, 1.82) is 0 Å². The van der Waals surface area contributed by atoms with Crippen molar-refractivity contribution in [2.75, 3.05) is 0 Å². The highest BCUT2D eigenvalue weighted by atomic mass is 19.1. The molecule has 2 fully saturated rings. The second-order valence-corrected chi connectivity index (χ2v) is 10.8. The van der Waals surface area contributed by atoms with Gasteiger partial charge in [-0.15, -0.1) is 0 Å². The van der Waals surface area contributed by atoms with Gasteiger partial charge in [-0.1, -0.05) is 20.8 Å². The number of hydrogen-bond acceptors (Lipinski definition) is 5. The fraction of sp³-hybridized carbons (Fsp3) is 0.556. The van der Waals surface area contributed by atoms with Gasteiger partial charge in [-0.3, -0.25) is 9.59 Å². The number of fused-ring (bicyclic) bond motifs is 1. The minimum Gasteiger partial charge on any atom is -0.392 e. The Bertz CT molecular complexity index is 1080. The minimum atomic E-state index is -0.717. The van der Waals surface area contributed by atoms with Crippen molar-refractivity contribution in [3.05, 3.63) is 59.7 Å². The van der Waals surface area contributed by atoms with Gasteiger partial charge < -0.3 is 15.7 Å². The first-order valence-electron chi connectivity index (χ1n) is 12.6. The number of carbonyl (C=O) groups excluding carboxylic acids is 2. The molecule has 1 aromatic heterocycles. The van der Waals surface area contributed by atoms with Crippen LogP contribution in [0.1, 0.15) is 62.4 Å². The number of aromatic nitrogens is 2. The van der Waals surface area contributed by atoms with E-state index in [2.05, 4.69) is 34.4 Å². The van der Waals surface area contributed by atoms with E-state index in [1.165, 1.54) is 30.9 Å². The number of aliphatic hydroxyl groups is 1. The highest BCUT2D eigenvalue weighted by Crippen LogP contribution is 2.55. The number of carbonyl (C=O) groups is 2. The third kappa shape index (κ3) is 5.40. The number of nitrogens with zero attached hydrogens (tertiary/aromatic N) is 2. The Kier molecular flexibility index (Phi) is 7.68. The molecular weight excluding hydrogens is 466 g/mol. The molecule has 0 spiro atoms. The van der Waals surface area contributed by atoms with Crippen LogP contribution in [0.4, 0.5) is 8.78 Å². The van der Waals surface area contributed by atoms with Crippen molar-refractivity contribution in [2.45, 2.75) is 65.1 Å². The molecule has 1 heterocycles. The van der Waals surface area contributed by atoms with Crippen LogP contribution in [-0.2, 0) is 11.3 Å². The summed E-state index contributed by atoms with van der Waals surface area (Å²) in [7, 11) is 0. The van der Waals surface area contributed by atoms with Gasteiger partial charge in [0.15, 0.2) is 0 Å². The second-order valence-electron chi connectivity index (χ2n) is 10.8. The Morgan fingerprint density at radius 1 is 1.14 bits per heavy atom. The summed E-state index contributed by atoms with van der Waals surface area (Å²) in [6, 6.07) is 3.05. The van der Waals surface area contributed by atoms with E-state index < -0.39 is 23.7 Å². The van der Waals surface area contributed by atoms with Crippen molar-refractivity contribution < 1.29 is 23.5 Å². The molecule has 0 radical (unpaired) electrons. The average Bonchev–Trinajstić information content (AvgIpc) is 2.84. The molecule has 2 aliphatic carbocycles. The minimum absolute atomic E-state index is 0.000612. The summed E-state index contributed by atoms with van der Waals surface area (Å²) in [6.45, 7) is 6.05. The lowest BCUT2D eigenvalue weighted by atomic mass is 9.51. The third-order valence-electron chi connectivity index (χ3n) is 8.47. The van der Waals surface area contributed by atoms with Crippen LogP contribution in [-0.4, -0.2) is 39.0 Å². The van der Waals surface area contributed by atoms with Crippen LogP contribution in [0.25, 0.3) is 0 Å². The lowest BCUT2D eigenvalue weighted by Crippen LogP contribution is -2.58. The molecule has 194 valence electrons. The summed E-state index contributed by atoms with van der Waals surface area (Å²) in [5, 5.41) is 17.4. The lowest BCUT2D eigenvalue weighted by molar-refractivity contribution is -0.142. The van der Waals surface area contributed by atoms with E-state index in [1.54, 1.807) is 6.92 Å². The first kappa shape index (κ1) is 26.1. The molecule has 7 nitrogen and oxygen atoms in total. The molecule has 2 amide bonds. The number of hydrogen-bond donors (Lipinski definition) is 3. The molecule has 0 aliphatic heterocycles. The molecule has 0 saturated heterocycles. The van der Waals surface area contributed by atoms with Crippen LogP contribution < -0.4 is 10.6 Å². The van der Waals surface area contributed by atoms with Gasteiger partial charge in [0, 0.05) is 37.0 Å². The van der Waals surface area contributed by atoms with Gasteiger partial charge in [-0.25, -0.2) is 18.7 Å². The van der Waals surface area contributed by atoms with E-state index in [0.29, 0.717) is 17.5 Å². The standard InChI is InChI=1S/C27H34F2N4O3/c1-15(25(35)32-11-17-8-19(28)10-20(29)9-17)21-4-6-27(3)7-5-22(16(2)23(27)24(21)34)33-26(36)18-12-30-14-31-13-18/h8-10,12-16,21-24,34H,4-7,11H2,1-3H3,(H,32,35)(H,33,36). The van der Waals surface area contributed by atoms with Gasteiger partial charge in [-0.05, 0) is 66.5 Å². The summed E-state index contributed by atoms with van der Waals surface area (Å²) >= 11 is 0. The highest BCUT2D eigenvalue weighted by Gasteiger charge is 2.53. The Balaban J connectivity index is 1.42. The summed E-state index contributed by atoms with van der Waals surface area (Å²) in [6.07, 6.45) is 6.88. The van der Waals surface area contributed by atoms with Gasteiger partial charge in [0.05, 0.1) is 11.7 Å². The van der Waals surface area contributed by atoms with E-state index in [1.807, 2.05) is 0 Å². The first-order valence-corrected chi connectivity index (χ1v) is 12.6. The van der Waals surface area contributed by atoms with Gasteiger partial charge in [0.1, 0.15) is 18.0 Å². The number of amides is 2. The SMILES string of the molecule is CC(C(=O)NCc1cc(F)cc(F)c1)C1CCC2(C)CCC(NC(=O)c3cncnc3)C(C)C2C1O. The number of rotatable bonds is 6. The van der Waals surface area contributed by atoms with Crippen molar-refractivity contribution in [3.8, 4) is 0 Å². The van der Waals surface area contributed by atoms with Crippen LogP contribution in [0.5, 0.6) is 0 Å². The summed E-state index contributed by atoms with van der Waals surface area (Å²) in [5.74, 6) is -2.71. The molecule has 0 bridgehead atoms. The van der Waals surface area contributed by atoms with Crippen molar-refractivity contribution in [3.63, 3.8) is 0 Å². The van der Waals surface area contributed by atoms with Gasteiger partial charge >= 0.3 is 0 Å². The van der Waals surface area contributed by atoms with Crippen LogP contribution in [0.15, 0.2) is 36.9 Å². The molecule has 2 aromatic rings. The highest BCUT2D eigenvalue weighted by molar-refractivity contribution is 5.93. The van der Waals surface area contributed by atoms with Gasteiger partial charge in [0.25, 0.3) is 5.91 Å². The van der Waals surface area contributed by atoms with Crippen LogP contribution in [0.2, 0.25) is 0 Å². The zero-order valence-corrected chi connectivity index (χ0v) is 20.9. The molecule has 7 atom stereocenters. The quantitative estimate of drug-likeness (QED) is 0.562. The van der Waals surface area contributed by atoms with Crippen LogP contribution in [0, 0.1) is 40.7 Å². The zero-order chi connectivity index (χ0) is 26.0. The molecule has 2 saturated carbocycles. The van der Waals surface area contributed by atoms with Crippen molar-refractivity contribution >= 4 is 11.8 Å². The van der Waals surface area contributed by atoms with Crippen molar-refractivity contribution in [2.24, 2.45) is 29.1 Å². The number of halogens is 2. The molecule has 7 unspecified atom stereocenters. The number of nitrogens with one attached hydrogen (secondary N) is 2. The summed E-state index contributed by atoms with van der Waals surface area (Å²) in [4.78, 5) is 33.5. The molecule has 4 rings (SSSR count). The maximum Gasteiger partial charge on any atom is 0.254 e. The maximum atomic E-state index is 13.5. The fourth-order valence-electron chi connectivity index (χ4n) is 6.42. The Morgan fingerprint density at radius 2 is 1.78 bits per heavy atom. The predicted molar refractivity (Wildman–Crippen MR) is 129 cm³/mol. The first-order chi connectivity index (χ1) is 17.1. The second kappa shape index (κ2) is 10.6. The topological polar surface area (TPSA) is 104 Å². The zero-order valence-electron chi connectivity index (χ0n) is 20.9. The molecule has 2 aliphatic rings. The van der Waals surface area contributed by atoms with E-state index in [9.17, 15) is 23.5 Å².